The molecule has 0 fully saturated rings. The van der Waals surface area contributed by atoms with E-state index in [9.17, 15) is 0 Å². The summed E-state index contributed by atoms with van der Waals surface area (Å²) in [6.07, 6.45) is 1.81. The number of hydrogen-bond donors (Lipinski definition) is 1. The Morgan fingerprint density at radius 3 is 2.67 bits per heavy atom. The zero-order chi connectivity index (χ0) is 11.3. The van der Waals surface area contributed by atoms with Crippen molar-refractivity contribution in [3.05, 3.63) is 22.9 Å². The second kappa shape index (κ2) is 6.08. The van der Waals surface area contributed by atoms with E-state index in [1.54, 1.807) is 7.11 Å². The Labute approximate surface area is 99.4 Å². The SMILES string of the molecule is COCC(Nc1ccc(Br)nc1)C(C)C. The van der Waals surface area contributed by atoms with Gasteiger partial charge in [-0.3, -0.25) is 0 Å². The van der Waals surface area contributed by atoms with E-state index in [1.807, 2.05) is 18.3 Å². The third-order valence-corrected chi connectivity index (χ3v) is 2.70. The van der Waals surface area contributed by atoms with Gasteiger partial charge in [0.05, 0.1) is 24.5 Å². The zero-order valence-electron chi connectivity index (χ0n) is 9.33. The molecule has 3 nitrogen and oxygen atoms in total. The standard InChI is InChI=1S/C11H17BrN2O/c1-8(2)10(7-15-3)14-9-4-5-11(12)13-6-9/h4-6,8,10,14H,7H2,1-3H3. The molecule has 1 aromatic heterocycles. The maximum Gasteiger partial charge on any atom is 0.106 e. The van der Waals surface area contributed by atoms with Gasteiger partial charge >= 0.3 is 0 Å². The number of hydrogen-bond acceptors (Lipinski definition) is 3. The molecular formula is C11H17BrN2O. The van der Waals surface area contributed by atoms with Crippen molar-refractivity contribution < 1.29 is 4.74 Å². The van der Waals surface area contributed by atoms with Gasteiger partial charge in [-0.1, -0.05) is 13.8 Å². The number of nitrogens with zero attached hydrogens (tertiary/aromatic N) is 1. The van der Waals surface area contributed by atoms with E-state index < -0.39 is 0 Å². The molecule has 0 bridgehead atoms. The molecule has 0 aromatic carbocycles. The number of rotatable bonds is 5. The Morgan fingerprint density at radius 2 is 2.20 bits per heavy atom. The minimum absolute atomic E-state index is 0.318. The average molecular weight is 273 g/mol. The van der Waals surface area contributed by atoms with Gasteiger partial charge in [0.2, 0.25) is 0 Å². The number of methoxy groups -OCH3 is 1. The summed E-state index contributed by atoms with van der Waals surface area (Å²) in [6.45, 7) is 5.04. The maximum absolute atomic E-state index is 5.17. The van der Waals surface area contributed by atoms with Crippen LogP contribution in [0.25, 0.3) is 0 Å². The lowest BCUT2D eigenvalue weighted by Crippen LogP contribution is -2.30. The molecule has 1 heterocycles. The Morgan fingerprint density at radius 1 is 1.47 bits per heavy atom. The molecule has 0 aliphatic heterocycles. The van der Waals surface area contributed by atoms with Crippen LogP contribution in [-0.4, -0.2) is 24.7 Å². The summed E-state index contributed by atoms with van der Waals surface area (Å²) in [5.74, 6) is 0.522. The molecule has 1 N–H and O–H groups in total. The molecule has 1 atom stereocenters. The summed E-state index contributed by atoms with van der Waals surface area (Å²) in [5.41, 5.74) is 1.02. The van der Waals surface area contributed by atoms with Crippen molar-refractivity contribution in [2.75, 3.05) is 19.0 Å². The first-order chi connectivity index (χ1) is 7.13. The molecule has 1 rings (SSSR count). The second-order valence-electron chi connectivity index (χ2n) is 3.82. The molecule has 4 heteroatoms. The van der Waals surface area contributed by atoms with Gasteiger partial charge in [0.25, 0.3) is 0 Å². The van der Waals surface area contributed by atoms with Crippen molar-refractivity contribution in [1.82, 2.24) is 4.98 Å². The first-order valence-corrected chi connectivity index (χ1v) is 5.80. The maximum atomic E-state index is 5.17. The first-order valence-electron chi connectivity index (χ1n) is 5.00. The lowest BCUT2D eigenvalue weighted by Gasteiger charge is -2.22. The quantitative estimate of drug-likeness (QED) is 0.837. The molecular weight excluding hydrogens is 256 g/mol. The van der Waals surface area contributed by atoms with Crippen LogP contribution in [-0.2, 0) is 4.74 Å². The van der Waals surface area contributed by atoms with Crippen molar-refractivity contribution in [3.8, 4) is 0 Å². The van der Waals surface area contributed by atoms with Gasteiger partial charge in [-0.15, -0.1) is 0 Å². The van der Waals surface area contributed by atoms with E-state index in [0.717, 1.165) is 10.3 Å². The minimum Gasteiger partial charge on any atom is -0.383 e. The zero-order valence-corrected chi connectivity index (χ0v) is 10.9. The second-order valence-corrected chi connectivity index (χ2v) is 4.63. The van der Waals surface area contributed by atoms with E-state index in [4.69, 9.17) is 4.74 Å². The van der Waals surface area contributed by atoms with E-state index in [-0.39, 0.29) is 0 Å². The van der Waals surface area contributed by atoms with Crippen molar-refractivity contribution in [2.24, 2.45) is 5.92 Å². The predicted molar refractivity (Wildman–Crippen MR) is 66.1 cm³/mol. The monoisotopic (exact) mass is 272 g/mol. The third-order valence-electron chi connectivity index (χ3n) is 2.23. The van der Waals surface area contributed by atoms with Crippen LogP contribution in [0, 0.1) is 5.92 Å². The topological polar surface area (TPSA) is 34.1 Å². The Hall–Kier alpha value is -0.610. The van der Waals surface area contributed by atoms with Crippen LogP contribution in [0.4, 0.5) is 5.69 Å². The molecule has 1 aromatic rings. The summed E-state index contributed by atoms with van der Waals surface area (Å²) in [6, 6.07) is 4.24. The van der Waals surface area contributed by atoms with Gasteiger partial charge in [-0.05, 0) is 34.0 Å². The van der Waals surface area contributed by atoms with E-state index >= 15 is 0 Å². The van der Waals surface area contributed by atoms with E-state index in [1.165, 1.54) is 0 Å². The lowest BCUT2D eigenvalue weighted by molar-refractivity contribution is 0.171. The number of aromatic nitrogens is 1. The summed E-state index contributed by atoms with van der Waals surface area (Å²) in [4.78, 5) is 4.16. The van der Waals surface area contributed by atoms with Gasteiger partial charge < -0.3 is 10.1 Å². The molecule has 0 spiro atoms. The van der Waals surface area contributed by atoms with Crippen molar-refractivity contribution in [2.45, 2.75) is 19.9 Å². The van der Waals surface area contributed by atoms with Crippen LogP contribution < -0.4 is 5.32 Å². The smallest absolute Gasteiger partial charge is 0.106 e. The Bertz CT molecular complexity index is 287. The largest absolute Gasteiger partial charge is 0.383 e. The van der Waals surface area contributed by atoms with E-state index in [2.05, 4.69) is 40.1 Å². The van der Waals surface area contributed by atoms with Crippen LogP contribution in [0.1, 0.15) is 13.8 Å². The van der Waals surface area contributed by atoms with Crippen molar-refractivity contribution >= 4 is 21.6 Å². The summed E-state index contributed by atoms with van der Waals surface area (Å²) < 4.78 is 6.02. The van der Waals surface area contributed by atoms with Gasteiger partial charge in [0.1, 0.15) is 4.60 Å². The molecule has 1 unspecified atom stereocenters. The fraction of sp³-hybridized carbons (Fsp3) is 0.545. The summed E-state index contributed by atoms with van der Waals surface area (Å²) in [7, 11) is 1.72. The normalized spacial score (nSPS) is 12.9. The fourth-order valence-electron chi connectivity index (χ4n) is 1.26. The molecule has 0 aliphatic rings. The van der Waals surface area contributed by atoms with Crippen LogP contribution in [0.15, 0.2) is 22.9 Å². The highest BCUT2D eigenvalue weighted by Gasteiger charge is 2.12. The minimum atomic E-state index is 0.318. The number of nitrogens with one attached hydrogen (secondary N) is 1. The molecule has 15 heavy (non-hydrogen) atoms. The molecule has 0 saturated carbocycles. The number of pyridine rings is 1. The molecule has 84 valence electrons. The van der Waals surface area contributed by atoms with Gasteiger partial charge in [0, 0.05) is 7.11 Å². The first kappa shape index (κ1) is 12.5. The van der Waals surface area contributed by atoms with Crippen molar-refractivity contribution in [1.29, 1.82) is 0 Å². The molecule has 0 radical (unpaired) electrons. The average Bonchev–Trinajstić information content (AvgIpc) is 2.20. The van der Waals surface area contributed by atoms with Crippen LogP contribution in [0.5, 0.6) is 0 Å². The van der Waals surface area contributed by atoms with Gasteiger partial charge in [0.15, 0.2) is 0 Å². The Balaban J connectivity index is 2.61. The van der Waals surface area contributed by atoms with Gasteiger partial charge in [-0.25, -0.2) is 4.98 Å². The number of ether oxygens (including phenoxy) is 1. The summed E-state index contributed by atoms with van der Waals surface area (Å²) >= 11 is 3.31. The predicted octanol–water partition coefficient (Wildman–Crippen LogP) is 2.93. The summed E-state index contributed by atoms with van der Waals surface area (Å²) in [5, 5.41) is 3.40. The highest BCUT2D eigenvalue weighted by Crippen LogP contribution is 2.14. The van der Waals surface area contributed by atoms with E-state index in [0.29, 0.717) is 18.6 Å². The third kappa shape index (κ3) is 4.18. The van der Waals surface area contributed by atoms with Crippen LogP contribution in [0.3, 0.4) is 0 Å². The van der Waals surface area contributed by atoms with Crippen molar-refractivity contribution in [3.63, 3.8) is 0 Å². The Kier molecular flexibility index (Phi) is 5.05. The van der Waals surface area contributed by atoms with Crippen LogP contribution in [0.2, 0.25) is 0 Å². The molecule has 0 aliphatic carbocycles. The lowest BCUT2D eigenvalue weighted by atomic mass is 10.1. The highest BCUT2D eigenvalue weighted by molar-refractivity contribution is 9.10. The number of halogens is 1. The molecule has 0 amide bonds. The number of anilines is 1. The van der Waals surface area contributed by atoms with Gasteiger partial charge in [-0.2, -0.15) is 0 Å². The molecule has 0 saturated heterocycles. The fourth-order valence-corrected chi connectivity index (χ4v) is 1.49. The van der Waals surface area contributed by atoms with Crippen LogP contribution >= 0.6 is 15.9 Å². The highest BCUT2D eigenvalue weighted by atomic mass is 79.9.